The first kappa shape index (κ1) is 32.8. The summed E-state index contributed by atoms with van der Waals surface area (Å²) in [6, 6.07) is 24.4. The lowest BCUT2D eigenvalue weighted by Gasteiger charge is -2.26. The van der Waals surface area contributed by atoms with Gasteiger partial charge in [0.25, 0.3) is 0 Å². The monoisotopic (exact) mass is 640 g/mol. The minimum absolute atomic E-state index is 0.0139. The molecule has 1 aromatic heterocycles. The van der Waals surface area contributed by atoms with Gasteiger partial charge in [-0.3, -0.25) is 4.57 Å². The predicted octanol–water partition coefficient (Wildman–Crippen LogP) is 4.24. The number of aryl methyl sites for hydroxylation is 1. The number of esters is 4. The standard InChI is InChI=1S/C35H32N2O10/c1-4-43-34(41)27-21(2)36-35(42)37(22(27)3)30-29(47-33(40)25-18-12-7-13-19-25)28(46-32(39)24-16-10-6-11-17-24)26(45-30)20-44-31(38)23-14-8-5-9-15-23/h5-19,26,28-30H,4,20H2,1-3H3/t26-,28-,29-,30-/m1/s1. The molecule has 1 aliphatic rings. The van der Waals surface area contributed by atoms with Crippen LogP contribution in [0.15, 0.2) is 95.8 Å². The lowest BCUT2D eigenvalue weighted by atomic mass is 10.1. The van der Waals surface area contributed by atoms with E-state index in [-0.39, 0.29) is 40.2 Å². The van der Waals surface area contributed by atoms with E-state index >= 15 is 0 Å². The zero-order valence-corrected chi connectivity index (χ0v) is 25.9. The van der Waals surface area contributed by atoms with Gasteiger partial charge in [-0.1, -0.05) is 54.6 Å². The van der Waals surface area contributed by atoms with E-state index in [2.05, 4.69) is 4.98 Å². The van der Waals surface area contributed by atoms with Gasteiger partial charge in [0.05, 0.1) is 29.0 Å². The summed E-state index contributed by atoms with van der Waals surface area (Å²) >= 11 is 0. The Bertz CT molecular complexity index is 1810. The van der Waals surface area contributed by atoms with Crippen molar-refractivity contribution in [3.63, 3.8) is 0 Å². The molecule has 12 heteroatoms. The third-order valence-electron chi connectivity index (χ3n) is 7.47. The smallest absolute Gasteiger partial charge is 0.350 e. The van der Waals surface area contributed by atoms with E-state index in [4.69, 9.17) is 23.7 Å². The maximum absolute atomic E-state index is 13.5. The lowest BCUT2D eigenvalue weighted by Crippen LogP contribution is -2.43. The topological polar surface area (TPSA) is 149 Å². The number of rotatable bonds is 10. The second kappa shape index (κ2) is 14.6. The molecule has 1 fully saturated rings. The largest absolute Gasteiger partial charge is 0.462 e. The molecule has 1 saturated heterocycles. The SMILES string of the molecule is CCOC(=O)c1c(C)nc(=O)n([C@@H]2O[C@H](COC(=O)c3ccccc3)[C@@H](OC(=O)c3ccccc3)[C@H]2OC(=O)c2ccccc2)c1C. The molecule has 5 rings (SSSR count). The molecule has 2 heterocycles. The Kier molecular flexibility index (Phi) is 10.2. The van der Waals surface area contributed by atoms with Crippen LogP contribution in [0.1, 0.15) is 66.0 Å². The summed E-state index contributed by atoms with van der Waals surface area (Å²) in [5.41, 5.74) is 0.0607. The maximum atomic E-state index is 13.5. The number of benzene rings is 3. The molecular formula is C35H32N2O10. The number of carbonyl (C=O) groups is 4. The Labute approximate surface area is 269 Å². The first-order chi connectivity index (χ1) is 22.7. The third-order valence-corrected chi connectivity index (χ3v) is 7.47. The molecule has 1 aliphatic heterocycles. The van der Waals surface area contributed by atoms with Crippen molar-refractivity contribution in [2.75, 3.05) is 13.2 Å². The molecule has 242 valence electrons. The number of aromatic nitrogens is 2. The van der Waals surface area contributed by atoms with Crippen LogP contribution >= 0.6 is 0 Å². The quantitative estimate of drug-likeness (QED) is 0.181. The van der Waals surface area contributed by atoms with E-state index in [1.54, 1.807) is 73.7 Å². The Morgan fingerprint density at radius 3 is 1.70 bits per heavy atom. The lowest BCUT2D eigenvalue weighted by molar-refractivity contribution is -0.0649. The molecule has 47 heavy (non-hydrogen) atoms. The van der Waals surface area contributed by atoms with E-state index in [0.717, 1.165) is 4.57 Å². The van der Waals surface area contributed by atoms with Gasteiger partial charge in [-0.25, -0.2) is 24.0 Å². The van der Waals surface area contributed by atoms with Crippen LogP contribution in [-0.2, 0) is 23.7 Å². The Morgan fingerprint density at radius 1 is 0.702 bits per heavy atom. The first-order valence-corrected chi connectivity index (χ1v) is 14.9. The minimum atomic E-state index is -1.47. The molecule has 3 aromatic carbocycles. The van der Waals surface area contributed by atoms with E-state index in [1.807, 2.05) is 0 Å². The molecule has 0 aliphatic carbocycles. The van der Waals surface area contributed by atoms with Gasteiger partial charge in [0.15, 0.2) is 18.4 Å². The van der Waals surface area contributed by atoms with Crippen molar-refractivity contribution in [2.24, 2.45) is 0 Å². The van der Waals surface area contributed by atoms with Gasteiger partial charge < -0.3 is 23.7 Å². The highest BCUT2D eigenvalue weighted by molar-refractivity contribution is 5.92. The van der Waals surface area contributed by atoms with Gasteiger partial charge in [0, 0.05) is 5.69 Å². The molecular weight excluding hydrogens is 608 g/mol. The second-order valence-corrected chi connectivity index (χ2v) is 10.5. The van der Waals surface area contributed by atoms with Gasteiger partial charge >= 0.3 is 29.6 Å². The molecule has 0 N–H and O–H groups in total. The number of nitrogens with zero attached hydrogens (tertiary/aromatic N) is 2. The van der Waals surface area contributed by atoms with Crippen LogP contribution in [0.3, 0.4) is 0 Å². The fraction of sp³-hybridized carbons (Fsp3) is 0.257. The summed E-state index contributed by atoms with van der Waals surface area (Å²) in [5.74, 6) is -2.99. The average Bonchev–Trinajstić information content (AvgIpc) is 3.40. The molecule has 4 atom stereocenters. The molecule has 0 bridgehead atoms. The summed E-state index contributed by atoms with van der Waals surface area (Å²) < 4.78 is 29.9. The van der Waals surface area contributed by atoms with Gasteiger partial charge in [0.1, 0.15) is 18.3 Å². The van der Waals surface area contributed by atoms with E-state index in [0.29, 0.717) is 0 Å². The normalized spacial score (nSPS) is 18.6. The molecule has 0 spiro atoms. The molecule has 12 nitrogen and oxygen atoms in total. The van der Waals surface area contributed by atoms with Gasteiger partial charge in [-0.05, 0) is 57.2 Å². The van der Waals surface area contributed by atoms with Gasteiger partial charge in [0.2, 0.25) is 0 Å². The summed E-state index contributed by atoms with van der Waals surface area (Å²) in [6.45, 7) is 4.24. The summed E-state index contributed by atoms with van der Waals surface area (Å²) in [4.78, 5) is 70.1. The fourth-order valence-electron chi connectivity index (χ4n) is 5.24. The second-order valence-electron chi connectivity index (χ2n) is 10.5. The molecule has 0 saturated carbocycles. The van der Waals surface area contributed by atoms with Crippen LogP contribution in [-0.4, -0.2) is 65.0 Å². The van der Waals surface area contributed by atoms with E-state index in [9.17, 15) is 24.0 Å². The van der Waals surface area contributed by atoms with Crippen molar-refractivity contribution >= 4 is 23.9 Å². The highest BCUT2D eigenvalue weighted by atomic mass is 16.7. The zero-order valence-electron chi connectivity index (χ0n) is 25.9. The van der Waals surface area contributed by atoms with Crippen molar-refractivity contribution in [2.45, 2.75) is 45.3 Å². The minimum Gasteiger partial charge on any atom is -0.462 e. The molecule has 0 unspecified atom stereocenters. The van der Waals surface area contributed by atoms with Crippen LogP contribution in [0.4, 0.5) is 0 Å². The molecule has 0 amide bonds. The van der Waals surface area contributed by atoms with Crippen LogP contribution in [0.25, 0.3) is 0 Å². The summed E-state index contributed by atoms with van der Waals surface area (Å²) in [6.07, 6.45) is -5.55. The average molecular weight is 641 g/mol. The number of hydrogen-bond donors (Lipinski definition) is 0. The number of ether oxygens (including phenoxy) is 5. The Balaban J connectivity index is 1.59. The van der Waals surface area contributed by atoms with Crippen LogP contribution in [0, 0.1) is 13.8 Å². The molecule has 4 aromatic rings. The van der Waals surface area contributed by atoms with Crippen LogP contribution in [0.5, 0.6) is 0 Å². The van der Waals surface area contributed by atoms with E-state index in [1.165, 1.54) is 38.1 Å². The van der Waals surface area contributed by atoms with Crippen molar-refractivity contribution < 1.29 is 42.9 Å². The van der Waals surface area contributed by atoms with Crippen molar-refractivity contribution in [3.05, 3.63) is 135 Å². The summed E-state index contributed by atoms with van der Waals surface area (Å²) in [5, 5.41) is 0. The number of hydrogen-bond acceptors (Lipinski definition) is 11. The fourth-order valence-corrected chi connectivity index (χ4v) is 5.24. The Morgan fingerprint density at radius 2 is 1.19 bits per heavy atom. The maximum Gasteiger partial charge on any atom is 0.350 e. The third kappa shape index (κ3) is 7.28. The van der Waals surface area contributed by atoms with E-state index < -0.39 is 60.7 Å². The zero-order chi connectivity index (χ0) is 33.5. The van der Waals surface area contributed by atoms with Crippen molar-refractivity contribution in [1.82, 2.24) is 9.55 Å². The van der Waals surface area contributed by atoms with Crippen LogP contribution in [0.2, 0.25) is 0 Å². The summed E-state index contributed by atoms with van der Waals surface area (Å²) in [7, 11) is 0. The highest BCUT2D eigenvalue weighted by Crippen LogP contribution is 2.36. The number of carbonyl (C=O) groups excluding carboxylic acids is 4. The highest BCUT2D eigenvalue weighted by Gasteiger charge is 2.52. The Hall–Kier alpha value is -5.62. The van der Waals surface area contributed by atoms with Gasteiger partial charge in [-0.15, -0.1) is 0 Å². The van der Waals surface area contributed by atoms with Crippen LogP contribution < -0.4 is 5.69 Å². The van der Waals surface area contributed by atoms with Crippen molar-refractivity contribution in [3.8, 4) is 0 Å². The van der Waals surface area contributed by atoms with Crippen molar-refractivity contribution in [1.29, 1.82) is 0 Å². The first-order valence-electron chi connectivity index (χ1n) is 14.9. The predicted molar refractivity (Wildman–Crippen MR) is 166 cm³/mol. The molecule has 0 radical (unpaired) electrons. The van der Waals surface area contributed by atoms with Gasteiger partial charge in [-0.2, -0.15) is 4.98 Å².